The quantitative estimate of drug-likeness (QED) is 0.439. The normalized spacial score (nSPS) is 29.0. The highest BCUT2D eigenvalue weighted by Gasteiger charge is 2.60. The summed E-state index contributed by atoms with van der Waals surface area (Å²) in [5.41, 5.74) is -2.09. The van der Waals surface area contributed by atoms with E-state index in [1.54, 1.807) is 13.8 Å². The number of hydrogen-bond acceptors (Lipinski definition) is 3. The van der Waals surface area contributed by atoms with Gasteiger partial charge in [0.05, 0.1) is 0 Å². The maximum absolute atomic E-state index is 11.7. The molecule has 4 nitrogen and oxygen atoms in total. The van der Waals surface area contributed by atoms with Gasteiger partial charge in [-0.05, 0) is 25.8 Å². The third kappa shape index (κ3) is 1.44. The Hall–Kier alpha value is -1.32. The van der Waals surface area contributed by atoms with Crippen LogP contribution in [0.3, 0.4) is 0 Å². The Morgan fingerprint density at radius 2 is 2.07 bits per heavy atom. The molecule has 0 amide bonds. The SMILES string of the molecule is C=C1C(C)(C)OC(=O)C1(CCC)C(=O)O. The molecule has 1 N–H and O–H groups in total. The van der Waals surface area contributed by atoms with Crippen LogP contribution in [0.15, 0.2) is 12.2 Å². The summed E-state index contributed by atoms with van der Waals surface area (Å²) >= 11 is 0. The van der Waals surface area contributed by atoms with Crippen molar-refractivity contribution in [2.45, 2.75) is 39.2 Å². The maximum Gasteiger partial charge on any atom is 0.328 e. The lowest BCUT2D eigenvalue weighted by atomic mass is 9.74. The van der Waals surface area contributed by atoms with Crippen molar-refractivity contribution in [3.8, 4) is 0 Å². The highest BCUT2D eigenvalue weighted by atomic mass is 16.6. The molecular weight excluding hydrogens is 196 g/mol. The predicted molar refractivity (Wildman–Crippen MR) is 54.3 cm³/mol. The largest absolute Gasteiger partial charge is 0.480 e. The van der Waals surface area contributed by atoms with Gasteiger partial charge in [-0.25, -0.2) is 0 Å². The first-order valence-corrected chi connectivity index (χ1v) is 4.95. The van der Waals surface area contributed by atoms with E-state index in [1.165, 1.54) is 0 Å². The summed E-state index contributed by atoms with van der Waals surface area (Å²) in [6.07, 6.45) is 0.833. The molecule has 1 aliphatic heterocycles. The minimum Gasteiger partial charge on any atom is -0.480 e. The minimum atomic E-state index is -1.54. The Morgan fingerprint density at radius 3 is 2.33 bits per heavy atom. The Morgan fingerprint density at radius 1 is 1.53 bits per heavy atom. The fourth-order valence-electron chi connectivity index (χ4n) is 1.97. The van der Waals surface area contributed by atoms with Gasteiger partial charge in [0.15, 0.2) is 5.41 Å². The number of carbonyl (C=O) groups excluding carboxylic acids is 1. The Kier molecular flexibility index (Phi) is 2.63. The molecule has 1 atom stereocenters. The first-order valence-electron chi connectivity index (χ1n) is 4.95. The van der Waals surface area contributed by atoms with Crippen LogP contribution in [0.5, 0.6) is 0 Å². The van der Waals surface area contributed by atoms with Gasteiger partial charge in [0.2, 0.25) is 0 Å². The Labute approximate surface area is 88.9 Å². The predicted octanol–water partition coefficient (Wildman–Crippen LogP) is 1.75. The molecule has 0 aliphatic carbocycles. The molecule has 0 spiro atoms. The number of carbonyl (C=O) groups is 2. The molecule has 4 heteroatoms. The van der Waals surface area contributed by atoms with Crippen molar-refractivity contribution in [3.05, 3.63) is 12.2 Å². The van der Waals surface area contributed by atoms with Crippen molar-refractivity contribution >= 4 is 11.9 Å². The minimum absolute atomic E-state index is 0.240. The molecule has 0 saturated carbocycles. The van der Waals surface area contributed by atoms with Gasteiger partial charge in [-0.15, -0.1) is 0 Å². The molecule has 0 radical (unpaired) electrons. The van der Waals surface area contributed by atoms with Crippen LogP contribution < -0.4 is 0 Å². The summed E-state index contributed by atoms with van der Waals surface area (Å²) in [4.78, 5) is 23.0. The van der Waals surface area contributed by atoms with Gasteiger partial charge in [0.1, 0.15) is 5.60 Å². The van der Waals surface area contributed by atoms with Crippen LogP contribution in [0.4, 0.5) is 0 Å². The zero-order valence-corrected chi connectivity index (χ0v) is 9.29. The van der Waals surface area contributed by atoms with E-state index < -0.39 is 23.0 Å². The van der Waals surface area contributed by atoms with Crippen molar-refractivity contribution in [2.24, 2.45) is 5.41 Å². The van der Waals surface area contributed by atoms with Gasteiger partial charge in [0, 0.05) is 0 Å². The third-order valence-electron chi connectivity index (χ3n) is 2.93. The van der Waals surface area contributed by atoms with Crippen molar-refractivity contribution < 1.29 is 19.4 Å². The summed E-state index contributed by atoms with van der Waals surface area (Å²) in [5.74, 6) is -1.85. The summed E-state index contributed by atoms with van der Waals surface area (Å²) < 4.78 is 5.07. The Bertz CT molecular complexity index is 329. The van der Waals surface area contributed by atoms with E-state index in [1.807, 2.05) is 6.92 Å². The zero-order chi connectivity index (χ0) is 11.9. The van der Waals surface area contributed by atoms with E-state index in [0.29, 0.717) is 12.0 Å². The average Bonchev–Trinajstić information content (AvgIpc) is 2.26. The standard InChI is InChI=1S/C11H16O4/c1-5-6-11(8(12)13)7(2)10(3,4)15-9(11)14/h2,5-6H2,1,3-4H3,(H,12,13). The van der Waals surface area contributed by atoms with E-state index in [2.05, 4.69) is 6.58 Å². The number of ether oxygens (including phenoxy) is 1. The summed E-state index contributed by atoms with van der Waals surface area (Å²) in [6, 6.07) is 0. The molecule has 1 saturated heterocycles. The van der Waals surface area contributed by atoms with E-state index >= 15 is 0 Å². The summed E-state index contributed by atoms with van der Waals surface area (Å²) in [7, 11) is 0. The topological polar surface area (TPSA) is 63.6 Å². The lowest BCUT2D eigenvalue weighted by molar-refractivity contribution is -0.162. The maximum atomic E-state index is 11.7. The monoisotopic (exact) mass is 212 g/mol. The van der Waals surface area contributed by atoms with E-state index in [9.17, 15) is 14.7 Å². The number of carboxylic acid groups (broad SMARTS) is 1. The van der Waals surface area contributed by atoms with Gasteiger partial charge < -0.3 is 9.84 Å². The van der Waals surface area contributed by atoms with Crippen LogP contribution in [-0.4, -0.2) is 22.6 Å². The summed E-state index contributed by atoms with van der Waals surface area (Å²) in [6.45, 7) is 8.87. The molecule has 1 fully saturated rings. The molecular formula is C11H16O4. The van der Waals surface area contributed by atoms with Crippen LogP contribution in [0.1, 0.15) is 33.6 Å². The smallest absolute Gasteiger partial charge is 0.328 e. The fraction of sp³-hybridized carbons (Fsp3) is 0.636. The first kappa shape index (κ1) is 11.8. The molecule has 1 rings (SSSR count). The first-order chi connectivity index (χ1) is 6.79. The number of rotatable bonds is 3. The molecule has 15 heavy (non-hydrogen) atoms. The van der Waals surface area contributed by atoms with Crippen molar-refractivity contribution in [1.82, 2.24) is 0 Å². The number of esters is 1. The Balaban J connectivity index is 3.25. The van der Waals surface area contributed by atoms with E-state index in [4.69, 9.17) is 4.74 Å². The second kappa shape index (κ2) is 3.36. The van der Waals surface area contributed by atoms with Crippen molar-refractivity contribution in [2.75, 3.05) is 0 Å². The number of aliphatic carboxylic acids is 1. The molecule has 0 aromatic carbocycles. The molecule has 1 unspecified atom stereocenters. The molecule has 1 aliphatic rings. The second-order valence-electron chi connectivity index (χ2n) is 4.34. The van der Waals surface area contributed by atoms with Crippen molar-refractivity contribution in [1.29, 1.82) is 0 Å². The average molecular weight is 212 g/mol. The molecule has 0 aromatic rings. The van der Waals surface area contributed by atoms with Gasteiger partial charge in [-0.3, -0.25) is 9.59 Å². The highest BCUT2D eigenvalue weighted by Crippen LogP contribution is 2.47. The van der Waals surface area contributed by atoms with Crippen LogP contribution in [-0.2, 0) is 14.3 Å². The van der Waals surface area contributed by atoms with Crippen molar-refractivity contribution in [3.63, 3.8) is 0 Å². The lowest BCUT2D eigenvalue weighted by Crippen LogP contribution is -2.37. The van der Waals surface area contributed by atoms with Crippen LogP contribution in [0.25, 0.3) is 0 Å². The van der Waals surface area contributed by atoms with E-state index in [0.717, 1.165) is 0 Å². The fourth-order valence-corrected chi connectivity index (χ4v) is 1.97. The zero-order valence-electron chi connectivity index (χ0n) is 9.29. The van der Waals surface area contributed by atoms with Crippen LogP contribution in [0.2, 0.25) is 0 Å². The highest BCUT2D eigenvalue weighted by molar-refractivity contribution is 6.05. The van der Waals surface area contributed by atoms with Gasteiger partial charge in [-0.2, -0.15) is 0 Å². The van der Waals surface area contributed by atoms with Gasteiger partial charge >= 0.3 is 11.9 Å². The lowest BCUT2D eigenvalue weighted by Gasteiger charge is -2.23. The van der Waals surface area contributed by atoms with E-state index in [-0.39, 0.29) is 6.42 Å². The molecule has 0 aromatic heterocycles. The van der Waals surface area contributed by atoms with Gasteiger partial charge in [-0.1, -0.05) is 19.9 Å². The molecule has 84 valence electrons. The third-order valence-corrected chi connectivity index (χ3v) is 2.93. The molecule has 0 bridgehead atoms. The molecule has 1 heterocycles. The second-order valence-corrected chi connectivity index (χ2v) is 4.34. The number of hydrogen-bond donors (Lipinski definition) is 1. The summed E-state index contributed by atoms with van der Waals surface area (Å²) in [5, 5.41) is 9.21. The van der Waals surface area contributed by atoms with Crippen LogP contribution >= 0.6 is 0 Å². The van der Waals surface area contributed by atoms with Crippen LogP contribution in [0, 0.1) is 5.41 Å². The van der Waals surface area contributed by atoms with Gasteiger partial charge in [0.25, 0.3) is 0 Å². The number of cyclic esters (lactones) is 1. The number of carboxylic acids is 1.